The molecule has 1 atom stereocenters. The number of piperazine rings is 1. The maximum Gasteiger partial charge on any atom is 0.0958 e. The number of para-hydroxylation sites is 2. The van der Waals surface area contributed by atoms with E-state index in [0.717, 1.165) is 56.2 Å². The van der Waals surface area contributed by atoms with Gasteiger partial charge in [-0.15, -0.1) is 0 Å². The molecule has 1 aliphatic rings. The van der Waals surface area contributed by atoms with Gasteiger partial charge in [0.2, 0.25) is 0 Å². The first kappa shape index (κ1) is 21.2. The number of imidazole rings is 1. The quantitative estimate of drug-likeness (QED) is 0.377. The van der Waals surface area contributed by atoms with Gasteiger partial charge in [-0.2, -0.15) is 0 Å². The summed E-state index contributed by atoms with van der Waals surface area (Å²) < 4.78 is 2.28. The van der Waals surface area contributed by atoms with E-state index in [9.17, 15) is 0 Å². The number of hydrogen-bond donors (Lipinski definition) is 0. The Labute approximate surface area is 195 Å². The van der Waals surface area contributed by atoms with Crippen LogP contribution >= 0.6 is 11.6 Å². The van der Waals surface area contributed by atoms with Crippen LogP contribution in [0, 0.1) is 0 Å². The summed E-state index contributed by atoms with van der Waals surface area (Å²) in [6.45, 7) is 6.46. The predicted octanol–water partition coefficient (Wildman–Crippen LogP) is 5.49. The number of rotatable bonds is 7. The molecule has 4 aromatic rings. The van der Waals surface area contributed by atoms with Gasteiger partial charge < -0.3 is 9.47 Å². The second-order valence-electron chi connectivity index (χ2n) is 8.52. The number of aryl methyl sites for hydroxylation is 1. The van der Waals surface area contributed by atoms with Crippen LogP contribution in [0.3, 0.4) is 0 Å². The number of hydrogen-bond acceptors (Lipinski definition) is 3. The van der Waals surface area contributed by atoms with Crippen LogP contribution in [0.1, 0.15) is 23.6 Å². The highest BCUT2D eigenvalue weighted by molar-refractivity contribution is 6.30. The highest BCUT2D eigenvalue weighted by Gasteiger charge is 2.26. The van der Waals surface area contributed by atoms with Crippen LogP contribution in [0.25, 0.3) is 11.0 Å². The van der Waals surface area contributed by atoms with Gasteiger partial charge in [0.25, 0.3) is 0 Å². The van der Waals surface area contributed by atoms with Crippen molar-refractivity contribution in [1.29, 1.82) is 0 Å². The lowest BCUT2D eigenvalue weighted by Gasteiger charge is -2.40. The van der Waals surface area contributed by atoms with E-state index in [0.29, 0.717) is 0 Å². The molecule has 1 aliphatic heterocycles. The molecule has 1 aromatic heterocycles. The van der Waals surface area contributed by atoms with Crippen molar-refractivity contribution in [3.8, 4) is 0 Å². The number of halogens is 1. The molecule has 4 nitrogen and oxygen atoms in total. The van der Waals surface area contributed by atoms with Crippen molar-refractivity contribution < 1.29 is 0 Å². The fraction of sp³-hybridized carbons (Fsp3) is 0.296. The number of benzene rings is 3. The van der Waals surface area contributed by atoms with E-state index in [1.165, 1.54) is 16.6 Å². The van der Waals surface area contributed by atoms with Crippen LogP contribution in [0.5, 0.6) is 0 Å². The predicted molar refractivity (Wildman–Crippen MR) is 132 cm³/mol. The van der Waals surface area contributed by atoms with Gasteiger partial charge in [-0.25, -0.2) is 4.98 Å². The third-order valence-electron chi connectivity index (χ3n) is 6.47. The first-order chi connectivity index (χ1) is 15.8. The zero-order chi connectivity index (χ0) is 21.8. The summed E-state index contributed by atoms with van der Waals surface area (Å²) >= 11 is 6.16. The van der Waals surface area contributed by atoms with Crippen LogP contribution in [0.2, 0.25) is 5.02 Å². The summed E-state index contributed by atoms with van der Waals surface area (Å²) in [4.78, 5) is 9.72. The normalized spacial score (nSPS) is 16.4. The van der Waals surface area contributed by atoms with Crippen molar-refractivity contribution in [2.75, 3.05) is 32.7 Å². The molecule has 1 unspecified atom stereocenters. The van der Waals surface area contributed by atoms with Crippen molar-refractivity contribution in [3.63, 3.8) is 0 Å². The third-order valence-corrected chi connectivity index (χ3v) is 6.73. The number of fused-ring (bicyclic) bond motifs is 1. The van der Waals surface area contributed by atoms with Crippen LogP contribution in [-0.2, 0) is 6.54 Å². The van der Waals surface area contributed by atoms with Crippen molar-refractivity contribution in [1.82, 2.24) is 19.4 Å². The van der Waals surface area contributed by atoms with Crippen LogP contribution in [0.4, 0.5) is 0 Å². The highest BCUT2D eigenvalue weighted by atomic mass is 35.5. The lowest BCUT2D eigenvalue weighted by atomic mass is 9.96. The molecule has 0 aliphatic carbocycles. The van der Waals surface area contributed by atoms with E-state index in [1.807, 2.05) is 24.5 Å². The number of aromatic nitrogens is 2. The first-order valence-electron chi connectivity index (χ1n) is 11.4. The monoisotopic (exact) mass is 444 g/mol. The van der Waals surface area contributed by atoms with Gasteiger partial charge in [0.1, 0.15) is 0 Å². The summed E-state index contributed by atoms with van der Waals surface area (Å²) in [5.41, 5.74) is 4.96. The van der Waals surface area contributed by atoms with Gasteiger partial charge in [-0.05, 0) is 48.4 Å². The van der Waals surface area contributed by atoms with Gasteiger partial charge in [0.05, 0.1) is 23.4 Å². The Morgan fingerprint density at radius 3 is 2.22 bits per heavy atom. The third kappa shape index (κ3) is 4.73. The lowest BCUT2D eigenvalue weighted by Crippen LogP contribution is -2.48. The van der Waals surface area contributed by atoms with E-state index < -0.39 is 0 Å². The van der Waals surface area contributed by atoms with Crippen LogP contribution in [-0.4, -0.2) is 52.1 Å². The lowest BCUT2D eigenvalue weighted by molar-refractivity contribution is 0.108. The van der Waals surface area contributed by atoms with E-state index >= 15 is 0 Å². The maximum atomic E-state index is 6.16. The molecule has 1 saturated heterocycles. The topological polar surface area (TPSA) is 24.3 Å². The van der Waals surface area contributed by atoms with Crippen molar-refractivity contribution in [2.24, 2.45) is 0 Å². The molecule has 0 N–H and O–H groups in total. The fourth-order valence-corrected chi connectivity index (χ4v) is 4.92. The summed E-state index contributed by atoms with van der Waals surface area (Å²) in [7, 11) is 0. The summed E-state index contributed by atoms with van der Waals surface area (Å²) in [6.07, 6.45) is 3.11. The molecule has 0 spiro atoms. The van der Waals surface area contributed by atoms with Gasteiger partial charge >= 0.3 is 0 Å². The molecule has 0 saturated carbocycles. The summed E-state index contributed by atoms with van der Waals surface area (Å²) in [5.74, 6) is 0. The summed E-state index contributed by atoms with van der Waals surface area (Å²) in [6, 6.07) is 27.8. The largest absolute Gasteiger partial charge is 0.331 e. The molecule has 0 bridgehead atoms. The Kier molecular flexibility index (Phi) is 6.54. The molecular weight excluding hydrogens is 416 g/mol. The van der Waals surface area contributed by atoms with Crippen molar-refractivity contribution in [3.05, 3.63) is 101 Å². The molecule has 1 fully saturated rings. The van der Waals surface area contributed by atoms with Crippen molar-refractivity contribution in [2.45, 2.75) is 19.0 Å². The Morgan fingerprint density at radius 1 is 0.750 bits per heavy atom. The maximum absolute atomic E-state index is 6.16. The van der Waals surface area contributed by atoms with E-state index in [2.05, 4.69) is 80.0 Å². The number of nitrogens with zero attached hydrogens (tertiary/aromatic N) is 4. The molecule has 2 heterocycles. The molecular formula is C27H29ClN4. The summed E-state index contributed by atoms with van der Waals surface area (Å²) in [5, 5.41) is 0.788. The van der Waals surface area contributed by atoms with Crippen molar-refractivity contribution >= 4 is 22.6 Å². The Bertz CT molecular complexity index is 1130. The second-order valence-corrected chi connectivity index (χ2v) is 8.96. The minimum absolute atomic E-state index is 0.271. The van der Waals surface area contributed by atoms with Gasteiger partial charge in [-0.1, -0.05) is 66.2 Å². The average Bonchev–Trinajstić information content (AvgIpc) is 3.25. The molecule has 5 rings (SSSR count). The van der Waals surface area contributed by atoms with Crippen LogP contribution < -0.4 is 0 Å². The Hall–Kier alpha value is -2.66. The highest BCUT2D eigenvalue weighted by Crippen LogP contribution is 2.30. The minimum Gasteiger partial charge on any atom is -0.331 e. The van der Waals surface area contributed by atoms with E-state index in [4.69, 9.17) is 11.6 Å². The van der Waals surface area contributed by atoms with Crippen LogP contribution in [0.15, 0.2) is 85.2 Å². The minimum atomic E-state index is 0.271. The molecule has 3 aromatic carbocycles. The first-order valence-corrected chi connectivity index (χ1v) is 11.8. The molecule has 0 amide bonds. The van der Waals surface area contributed by atoms with E-state index in [1.54, 1.807) is 0 Å². The van der Waals surface area contributed by atoms with Gasteiger partial charge in [0.15, 0.2) is 0 Å². The molecule has 5 heteroatoms. The average molecular weight is 445 g/mol. The molecule has 164 valence electrons. The SMILES string of the molecule is Clc1ccc(C(c2ccccc2)N2CCN(CCCn3cnc4ccccc43)CC2)cc1. The van der Waals surface area contributed by atoms with Gasteiger partial charge in [-0.3, -0.25) is 4.90 Å². The van der Waals surface area contributed by atoms with Gasteiger partial charge in [0, 0.05) is 37.7 Å². The zero-order valence-corrected chi connectivity index (χ0v) is 19.0. The Balaban J connectivity index is 1.20. The molecule has 32 heavy (non-hydrogen) atoms. The second kappa shape index (κ2) is 9.86. The standard InChI is InChI=1S/C27H29ClN4/c28-24-13-11-23(12-14-24)27(22-7-2-1-3-8-22)31-19-17-30(18-20-31)15-6-16-32-21-29-25-9-4-5-10-26(25)32/h1-5,7-14,21,27H,6,15-20H2. The Morgan fingerprint density at radius 2 is 1.44 bits per heavy atom. The fourth-order valence-electron chi connectivity index (χ4n) is 4.79. The molecule has 0 radical (unpaired) electrons. The zero-order valence-electron chi connectivity index (χ0n) is 18.3. The van der Waals surface area contributed by atoms with E-state index in [-0.39, 0.29) is 6.04 Å². The smallest absolute Gasteiger partial charge is 0.0958 e.